The van der Waals surface area contributed by atoms with Gasteiger partial charge in [0.2, 0.25) is 0 Å². The molecule has 0 aliphatic carbocycles. The quantitative estimate of drug-likeness (QED) is 0.745. The van der Waals surface area contributed by atoms with Gasteiger partial charge >= 0.3 is 5.97 Å². The molecule has 0 saturated carbocycles. The number of hydrogen-bond acceptors (Lipinski definition) is 4. The predicted octanol–water partition coefficient (Wildman–Crippen LogP) is 3.48. The molecule has 20 heavy (non-hydrogen) atoms. The zero-order chi connectivity index (χ0) is 13.9. The molecule has 0 aliphatic heterocycles. The molecule has 0 radical (unpaired) electrons. The number of rotatable bonds is 3. The highest BCUT2D eigenvalue weighted by Gasteiger charge is 2.06. The lowest BCUT2D eigenvalue weighted by molar-refractivity contribution is 0.0697. The average molecular weight is 282 g/mol. The topological polar surface area (TPSA) is 63.1 Å². The van der Waals surface area contributed by atoms with Crippen LogP contribution in [-0.4, -0.2) is 21.0 Å². The molecule has 3 aromatic rings. The molecule has 0 aliphatic rings. The lowest BCUT2D eigenvalue weighted by atomic mass is 10.2. The SMILES string of the molecule is O=C(O)c1ccc(Sc2ncnc3ccccc23)cc1. The molecular weight excluding hydrogens is 272 g/mol. The van der Waals surface area contributed by atoms with Crippen molar-refractivity contribution >= 4 is 28.6 Å². The van der Waals surface area contributed by atoms with Gasteiger partial charge in [-0.05, 0) is 30.3 Å². The van der Waals surface area contributed by atoms with Crippen LogP contribution >= 0.6 is 11.8 Å². The van der Waals surface area contributed by atoms with Crippen LogP contribution in [0.25, 0.3) is 10.9 Å². The zero-order valence-corrected chi connectivity index (χ0v) is 11.2. The van der Waals surface area contributed by atoms with Gasteiger partial charge < -0.3 is 5.11 Å². The van der Waals surface area contributed by atoms with Gasteiger partial charge in [0.05, 0.1) is 11.1 Å². The number of para-hydroxylation sites is 1. The van der Waals surface area contributed by atoms with E-state index >= 15 is 0 Å². The Hall–Kier alpha value is -2.40. The van der Waals surface area contributed by atoms with Gasteiger partial charge in [-0.2, -0.15) is 0 Å². The Bertz CT molecular complexity index is 767. The number of carboxylic acid groups (broad SMARTS) is 1. The van der Waals surface area contributed by atoms with E-state index in [4.69, 9.17) is 5.11 Å². The summed E-state index contributed by atoms with van der Waals surface area (Å²) in [5.41, 5.74) is 1.18. The summed E-state index contributed by atoms with van der Waals surface area (Å²) in [4.78, 5) is 20.3. The molecule has 0 bridgehead atoms. The molecule has 0 unspecified atom stereocenters. The van der Waals surface area contributed by atoms with Gasteiger partial charge in [-0.15, -0.1) is 0 Å². The number of nitrogens with zero attached hydrogens (tertiary/aromatic N) is 2. The standard InChI is InChI=1S/C15H10N2O2S/c18-15(19)10-5-7-11(8-6-10)20-14-12-3-1-2-4-13(12)16-9-17-14/h1-9H,(H,18,19). The van der Waals surface area contributed by atoms with Crippen molar-refractivity contribution < 1.29 is 9.90 Å². The van der Waals surface area contributed by atoms with E-state index in [9.17, 15) is 4.79 Å². The van der Waals surface area contributed by atoms with Crippen LogP contribution in [0, 0.1) is 0 Å². The van der Waals surface area contributed by atoms with Crippen molar-refractivity contribution in [3.05, 3.63) is 60.4 Å². The molecule has 5 heteroatoms. The van der Waals surface area contributed by atoms with Crippen LogP contribution in [0.15, 0.2) is 64.8 Å². The van der Waals surface area contributed by atoms with Crippen molar-refractivity contribution in [3.63, 3.8) is 0 Å². The van der Waals surface area contributed by atoms with E-state index < -0.39 is 5.97 Å². The first-order valence-electron chi connectivity index (χ1n) is 5.95. The summed E-state index contributed by atoms with van der Waals surface area (Å²) in [6.07, 6.45) is 1.54. The molecule has 0 saturated heterocycles. The largest absolute Gasteiger partial charge is 0.478 e. The van der Waals surface area contributed by atoms with Crippen molar-refractivity contribution in [1.82, 2.24) is 9.97 Å². The third-order valence-corrected chi connectivity index (χ3v) is 3.85. The molecule has 98 valence electrons. The molecule has 1 aromatic heterocycles. The van der Waals surface area contributed by atoms with Crippen LogP contribution in [0.1, 0.15) is 10.4 Å². The molecular formula is C15H10N2O2S. The van der Waals surface area contributed by atoms with Gasteiger partial charge in [-0.3, -0.25) is 0 Å². The van der Waals surface area contributed by atoms with E-state index in [1.165, 1.54) is 18.1 Å². The molecule has 3 rings (SSSR count). The van der Waals surface area contributed by atoms with Crippen LogP contribution < -0.4 is 0 Å². The Balaban J connectivity index is 1.95. The fourth-order valence-electron chi connectivity index (χ4n) is 1.84. The van der Waals surface area contributed by atoms with Crippen molar-refractivity contribution in [1.29, 1.82) is 0 Å². The first-order valence-corrected chi connectivity index (χ1v) is 6.76. The normalized spacial score (nSPS) is 10.6. The minimum Gasteiger partial charge on any atom is -0.478 e. The summed E-state index contributed by atoms with van der Waals surface area (Å²) < 4.78 is 0. The van der Waals surface area contributed by atoms with Crippen molar-refractivity contribution in [2.75, 3.05) is 0 Å². The molecule has 1 N–H and O–H groups in total. The summed E-state index contributed by atoms with van der Waals surface area (Å²) in [5, 5.41) is 10.7. The smallest absolute Gasteiger partial charge is 0.335 e. The van der Waals surface area contributed by atoms with Gasteiger partial charge in [0.25, 0.3) is 0 Å². The second kappa shape index (κ2) is 5.30. The number of benzene rings is 2. The van der Waals surface area contributed by atoms with Crippen molar-refractivity contribution in [3.8, 4) is 0 Å². The molecule has 1 heterocycles. The molecule has 0 fully saturated rings. The number of aromatic nitrogens is 2. The van der Waals surface area contributed by atoms with Gasteiger partial charge in [0, 0.05) is 10.3 Å². The number of carboxylic acids is 1. The van der Waals surface area contributed by atoms with Crippen molar-refractivity contribution in [2.45, 2.75) is 9.92 Å². The van der Waals surface area contributed by atoms with E-state index in [0.29, 0.717) is 0 Å². The van der Waals surface area contributed by atoms with Gasteiger partial charge in [0.1, 0.15) is 11.4 Å². The fraction of sp³-hybridized carbons (Fsp3) is 0. The summed E-state index contributed by atoms with van der Waals surface area (Å²) in [5.74, 6) is -0.922. The van der Waals surface area contributed by atoms with Crippen LogP contribution in [0.5, 0.6) is 0 Å². The van der Waals surface area contributed by atoms with Crippen LogP contribution in [-0.2, 0) is 0 Å². The number of fused-ring (bicyclic) bond motifs is 1. The lowest BCUT2D eigenvalue weighted by Gasteiger charge is -2.04. The highest BCUT2D eigenvalue weighted by molar-refractivity contribution is 7.99. The number of carbonyl (C=O) groups is 1. The second-order valence-electron chi connectivity index (χ2n) is 4.13. The molecule has 0 amide bonds. The Labute approximate surface area is 119 Å². The third kappa shape index (κ3) is 2.48. The summed E-state index contributed by atoms with van der Waals surface area (Å²) in [6, 6.07) is 14.5. The molecule has 0 spiro atoms. The summed E-state index contributed by atoms with van der Waals surface area (Å²) in [7, 11) is 0. The van der Waals surface area contributed by atoms with Gasteiger partial charge in [-0.25, -0.2) is 14.8 Å². The van der Waals surface area contributed by atoms with Gasteiger partial charge in [0.15, 0.2) is 0 Å². The van der Waals surface area contributed by atoms with E-state index in [1.54, 1.807) is 24.3 Å². The highest BCUT2D eigenvalue weighted by Crippen LogP contribution is 2.30. The van der Waals surface area contributed by atoms with E-state index in [1.807, 2.05) is 24.3 Å². The molecule has 0 atom stereocenters. The van der Waals surface area contributed by atoms with E-state index in [-0.39, 0.29) is 5.56 Å². The summed E-state index contributed by atoms with van der Waals surface area (Å²) in [6.45, 7) is 0. The van der Waals surface area contributed by atoms with Crippen LogP contribution in [0.2, 0.25) is 0 Å². The average Bonchev–Trinajstić information content (AvgIpc) is 2.48. The second-order valence-corrected chi connectivity index (χ2v) is 5.19. The zero-order valence-electron chi connectivity index (χ0n) is 10.4. The maximum atomic E-state index is 10.8. The predicted molar refractivity (Wildman–Crippen MR) is 77.1 cm³/mol. The minimum atomic E-state index is -0.922. The number of aromatic carboxylic acids is 1. The Morgan fingerprint density at radius 3 is 2.50 bits per heavy atom. The maximum Gasteiger partial charge on any atom is 0.335 e. The Morgan fingerprint density at radius 1 is 1.00 bits per heavy atom. The van der Waals surface area contributed by atoms with Crippen LogP contribution in [0.4, 0.5) is 0 Å². The highest BCUT2D eigenvalue weighted by atomic mass is 32.2. The monoisotopic (exact) mass is 282 g/mol. The van der Waals surface area contributed by atoms with Crippen molar-refractivity contribution in [2.24, 2.45) is 0 Å². The fourth-order valence-corrected chi connectivity index (χ4v) is 2.72. The minimum absolute atomic E-state index is 0.280. The van der Waals surface area contributed by atoms with Crippen LogP contribution in [0.3, 0.4) is 0 Å². The maximum absolute atomic E-state index is 10.8. The van der Waals surface area contributed by atoms with E-state index in [2.05, 4.69) is 9.97 Å². The first kappa shape index (κ1) is 12.6. The Kier molecular flexibility index (Phi) is 3.35. The summed E-state index contributed by atoms with van der Waals surface area (Å²) >= 11 is 1.49. The van der Waals surface area contributed by atoms with E-state index in [0.717, 1.165) is 20.8 Å². The Morgan fingerprint density at radius 2 is 1.75 bits per heavy atom. The lowest BCUT2D eigenvalue weighted by Crippen LogP contribution is -1.94. The third-order valence-electron chi connectivity index (χ3n) is 2.82. The molecule has 2 aromatic carbocycles. The molecule has 4 nitrogen and oxygen atoms in total. The first-order chi connectivity index (χ1) is 9.74. The number of hydrogen-bond donors (Lipinski definition) is 1. The van der Waals surface area contributed by atoms with Gasteiger partial charge in [-0.1, -0.05) is 30.0 Å².